The lowest BCUT2D eigenvalue weighted by Crippen LogP contribution is -2.25. The van der Waals surface area contributed by atoms with Crippen molar-refractivity contribution in [3.8, 4) is 0 Å². The zero-order valence-electron chi connectivity index (χ0n) is 12.4. The molecule has 0 aliphatic carbocycles. The first-order chi connectivity index (χ1) is 11.4. The highest BCUT2D eigenvalue weighted by atomic mass is 15.1. The number of amidine groups is 1. The molecule has 0 amide bonds. The van der Waals surface area contributed by atoms with Crippen molar-refractivity contribution in [3.63, 3.8) is 0 Å². The maximum Gasteiger partial charge on any atom is 0.129 e. The average Bonchev–Trinajstić information content (AvgIpc) is 3.09. The van der Waals surface area contributed by atoms with Gasteiger partial charge in [-0.3, -0.25) is 19.9 Å². The van der Waals surface area contributed by atoms with E-state index in [9.17, 15) is 0 Å². The van der Waals surface area contributed by atoms with Crippen LogP contribution in [-0.2, 0) is 0 Å². The Bertz CT molecular complexity index is 803. The summed E-state index contributed by atoms with van der Waals surface area (Å²) in [7, 11) is 0. The molecular weight excluding hydrogens is 286 g/mol. The van der Waals surface area contributed by atoms with E-state index in [2.05, 4.69) is 20.3 Å². The summed E-state index contributed by atoms with van der Waals surface area (Å²) in [6, 6.07) is 12.1. The Labute approximate surface area is 134 Å². The topological polar surface area (TPSA) is 63.1 Å². The van der Waals surface area contributed by atoms with Gasteiger partial charge in [0.1, 0.15) is 11.9 Å². The van der Waals surface area contributed by atoms with Gasteiger partial charge in [-0.05, 0) is 47.5 Å². The number of hydrogen-bond acceptors (Lipinski definition) is 5. The van der Waals surface area contributed by atoms with Crippen molar-refractivity contribution in [2.45, 2.75) is 12.1 Å². The molecule has 1 N–H and O–H groups in total. The fourth-order valence-electron chi connectivity index (χ4n) is 2.81. The van der Waals surface area contributed by atoms with E-state index in [4.69, 9.17) is 4.99 Å². The lowest BCUT2D eigenvalue weighted by molar-refractivity contribution is 0.571. The number of aliphatic imine (C=N–C) groups is 1. The van der Waals surface area contributed by atoms with Gasteiger partial charge in [0, 0.05) is 42.7 Å². The van der Waals surface area contributed by atoms with E-state index < -0.39 is 0 Å². The van der Waals surface area contributed by atoms with Crippen LogP contribution in [0.15, 0.2) is 78.6 Å². The van der Waals surface area contributed by atoms with Gasteiger partial charge in [0.15, 0.2) is 0 Å². The van der Waals surface area contributed by atoms with E-state index in [1.54, 1.807) is 24.8 Å². The molecule has 23 heavy (non-hydrogen) atoms. The van der Waals surface area contributed by atoms with Crippen molar-refractivity contribution in [2.75, 3.05) is 0 Å². The van der Waals surface area contributed by atoms with Gasteiger partial charge in [-0.25, -0.2) is 0 Å². The first-order valence-corrected chi connectivity index (χ1v) is 7.46. The van der Waals surface area contributed by atoms with Gasteiger partial charge in [0.2, 0.25) is 0 Å². The second kappa shape index (κ2) is 5.96. The summed E-state index contributed by atoms with van der Waals surface area (Å²) in [4.78, 5) is 17.2. The van der Waals surface area contributed by atoms with E-state index in [1.807, 2.05) is 48.8 Å². The van der Waals surface area contributed by atoms with Crippen molar-refractivity contribution >= 4 is 5.84 Å². The predicted molar refractivity (Wildman–Crippen MR) is 87.9 cm³/mol. The molecule has 3 aromatic heterocycles. The van der Waals surface area contributed by atoms with Gasteiger partial charge in [-0.2, -0.15) is 0 Å². The fraction of sp³-hybridized carbons (Fsp3) is 0.111. The monoisotopic (exact) mass is 301 g/mol. The van der Waals surface area contributed by atoms with Crippen molar-refractivity contribution in [1.29, 1.82) is 0 Å². The van der Waals surface area contributed by atoms with Gasteiger partial charge < -0.3 is 5.32 Å². The molecule has 2 atom stereocenters. The Morgan fingerprint density at radius 2 is 1.17 bits per heavy atom. The van der Waals surface area contributed by atoms with Crippen LogP contribution >= 0.6 is 0 Å². The molecule has 4 rings (SSSR count). The number of aromatic nitrogens is 3. The number of nitrogens with one attached hydrogen (secondary N) is 1. The highest BCUT2D eigenvalue weighted by molar-refractivity contribution is 6.00. The van der Waals surface area contributed by atoms with Gasteiger partial charge in [0.05, 0.1) is 6.04 Å². The Hall–Kier alpha value is -3.08. The third kappa shape index (κ3) is 2.68. The zero-order chi connectivity index (χ0) is 15.5. The van der Waals surface area contributed by atoms with Crippen molar-refractivity contribution in [2.24, 2.45) is 4.99 Å². The molecule has 112 valence electrons. The van der Waals surface area contributed by atoms with Gasteiger partial charge in [-0.15, -0.1) is 0 Å². The van der Waals surface area contributed by atoms with Crippen LogP contribution < -0.4 is 5.32 Å². The molecule has 0 fully saturated rings. The third-order valence-corrected chi connectivity index (χ3v) is 3.94. The molecule has 0 bridgehead atoms. The smallest absolute Gasteiger partial charge is 0.129 e. The molecule has 3 aromatic rings. The zero-order valence-corrected chi connectivity index (χ0v) is 12.4. The minimum absolute atomic E-state index is 0.00330. The highest BCUT2D eigenvalue weighted by Gasteiger charge is 2.31. The molecule has 0 saturated heterocycles. The van der Waals surface area contributed by atoms with E-state index >= 15 is 0 Å². The lowest BCUT2D eigenvalue weighted by Gasteiger charge is -2.19. The maximum atomic E-state index is 4.92. The second-order valence-electron chi connectivity index (χ2n) is 5.34. The van der Waals surface area contributed by atoms with Gasteiger partial charge in [0.25, 0.3) is 0 Å². The summed E-state index contributed by atoms with van der Waals surface area (Å²) in [5, 5.41) is 3.55. The molecule has 5 nitrogen and oxygen atoms in total. The van der Waals surface area contributed by atoms with E-state index in [-0.39, 0.29) is 12.1 Å². The Kier molecular flexibility index (Phi) is 3.52. The van der Waals surface area contributed by atoms with E-state index in [0.717, 1.165) is 22.5 Å². The van der Waals surface area contributed by atoms with Crippen LogP contribution in [0, 0.1) is 0 Å². The minimum Gasteiger partial charge on any atom is -0.361 e. The van der Waals surface area contributed by atoms with Crippen LogP contribution in [0.5, 0.6) is 0 Å². The SMILES string of the molecule is c1cc(C2=N[C@@H](c3ccncc3)[C@@H](c3ccncc3)N2)ccn1. The second-order valence-corrected chi connectivity index (χ2v) is 5.34. The molecule has 0 radical (unpaired) electrons. The van der Waals surface area contributed by atoms with Crippen LogP contribution in [0.25, 0.3) is 0 Å². The van der Waals surface area contributed by atoms with Crippen molar-refractivity contribution in [3.05, 3.63) is 90.3 Å². The molecular formula is C18H15N5. The summed E-state index contributed by atoms with van der Waals surface area (Å²) >= 11 is 0. The Balaban J connectivity index is 1.75. The first kappa shape index (κ1) is 13.6. The molecule has 4 heterocycles. The number of rotatable bonds is 3. The van der Waals surface area contributed by atoms with Crippen LogP contribution in [0.1, 0.15) is 28.8 Å². The number of pyridine rings is 3. The third-order valence-electron chi connectivity index (χ3n) is 3.94. The van der Waals surface area contributed by atoms with Crippen molar-refractivity contribution in [1.82, 2.24) is 20.3 Å². The van der Waals surface area contributed by atoms with E-state index in [1.165, 1.54) is 0 Å². The maximum absolute atomic E-state index is 4.92. The number of nitrogens with zero attached hydrogens (tertiary/aromatic N) is 4. The summed E-state index contributed by atoms with van der Waals surface area (Å²) < 4.78 is 0. The average molecular weight is 301 g/mol. The fourth-order valence-corrected chi connectivity index (χ4v) is 2.81. The Morgan fingerprint density at radius 3 is 1.78 bits per heavy atom. The van der Waals surface area contributed by atoms with Gasteiger partial charge >= 0.3 is 0 Å². The van der Waals surface area contributed by atoms with Crippen LogP contribution in [-0.4, -0.2) is 20.8 Å². The molecule has 0 saturated carbocycles. The minimum atomic E-state index is 0.00330. The standard InChI is InChI=1S/C18H15N5/c1-7-19-8-2-13(1)16-17(14-3-9-20-10-4-14)23-18(22-16)15-5-11-21-12-6-15/h1-12,16-17H,(H,22,23)/t16-,17+. The summed E-state index contributed by atoms with van der Waals surface area (Å²) in [6.45, 7) is 0. The summed E-state index contributed by atoms with van der Waals surface area (Å²) in [5.41, 5.74) is 3.34. The Morgan fingerprint density at radius 1 is 0.652 bits per heavy atom. The van der Waals surface area contributed by atoms with Gasteiger partial charge in [-0.1, -0.05) is 0 Å². The van der Waals surface area contributed by atoms with Crippen LogP contribution in [0.2, 0.25) is 0 Å². The molecule has 1 aliphatic heterocycles. The highest BCUT2D eigenvalue weighted by Crippen LogP contribution is 2.36. The lowest BCUT2D eigenvalue weighted by atomic mass is 9.96. The predicted octanol–water partition coefficient (Wildman–Crippen LogP) is 2.70. The van der Waals surface area contributed by atoms with Crippen LogP contribution in [0.3, 0.4) is 0 Å². The van der Waals surface area contributed by atoms with Crippen LogP contribution in [0.4, 0.5) is 0 Å². The largest absolute Gasteiger partial charge is 0.361 e. The normalized spacial score (nSPS) is 19.9. The molecule has 5 heteroatoms. The summed E-state index contributed by atoms with van der Waals surface area (Å²) in [6.07, 6.45) is 10.8. The summed E-state index contributed by atoms with van der Waals surface area (Å²) in [5.74, 6) is 0.885. The molecule has 0 spiro atoms. The van der Waals surface area contributed by atoms with E-state index in [0.29, 0.717) is 0 Å². The first-order valence-electron chi connectivity index (χ1n) is 7.46. The number of hydrogen-bond donors (Lipinski definition) is 1. The quantitative estimate of drug-likeness (QED) is 0.808. The van der Waals surface area contributed by atoms with Crippen molar-refractivity contribution < 1.29 is 0 Å². The molecule has 1 aliphatic rings. The molecule has 0 aromatic carbocycles. The molecule has 0 unspecified atom stereocenters.